The smallest absolute Gasteiger partial charge is 0.307 e. The van der Waals surface area contributed by atoms with E-state index in [1.54, 1.807) is 36.4 Å². The van der Waals surface area contributed by atoms with Crippen LogP contribution in [-0.2, 0) is 9.53 Å². The normalized spacial score (nSPS) is 22.5. The first-order valence-electron chi connectivity index (χ1n) is 10.5. The van der Waals surface area contributed by atoms with Gasteiger partial charge in [-0.3, -0.25) is 9.59 Å². The number of carboxylic acids is 1. The first-order valence-corrected chi connectivity index (χ1v) is 12.1. The van der Waals surface area contributed by atoms with Crippen LogP contribution in [0.3, 0.4) is 0 Å². The van der Waals surface area contributed by atoms with Crippen molar-refractivity contribution in [1.82, 2.24) is 0 Å². The number of aryl methyl sites for hydroxylation is 1. The summed E-state index contributed by atoms with van der Waals surface area (Å²) in [6, 6.07) is 14.4. The van der Waals surface area contributed by atoms with Gasteiger partial charge in [0.05, 0.1) is 16.5 Å². The molecule has 0 aromatic heterocycles. The molecule has 0 heterocycles. The van der Waals surface area contributed by atoms with Crippen molar-refractivity contribution in [3.05, 3.63) is 87.4 Å². The van der Waals surface area contributed by atoms with Gasteiger partial charge in [-0.1, -0.05) is 71.7 Å². The molecular formula is C26H26Br2O5. The van der Waals surface area contributed by atoms with Gasteiger partial charge in [-0.2, -0.15) is 0 Å². The minimum atomic E-state index is -1.38. The first-order chi connectivity index (χ1) is 15.5. The van der Waals surface area contributed by atoms with Crippen molar-refractivity contribution in [1.29, 1.82) is 0 Å². The predicted octanol–water partition coefficient (Wildman–Crippen LogP) is 6.43. The number of aliphatic carboxylic acids is 1. The molecule has 7 heteroatoms. The van der Waals surface area contributed by atoms with E-state index in [9.17, 15) is 14.7 Å². The number of para-hydroxylation sites is 1. The Bertz CT molecular complexity index is 1140. The van der Waals surface area contributed by atoms with Gasteiger partial charge < -0.3 is 14.6 Å². The van der Waals surface area contributed by atoms with Crippen LogP contribution in [0.15, 0.2) is 70.7 Å². The summed E-state index contributed by atoms with van der Waals surface area (Å²) in [5.41, 5.74) is 2.56. The summed E-state index contributed by atoms with van der Waals surface area (Å²) in [5.74, 6) is -2.19. The lowest BCUT2D eigenvalue weighted by molar-refractivity contribution is -0.150. The lowest BCUT2D eigenvalue weighted by Gasteiger charge is -2.48. The highest BCUT2D eigenvalue weighted by molar-refractivity contribution is 9.12. The Kier molecular flexibility index (Phi) is 7.66. The van der Waals surface area contributed by atoms with E-state index in [0.717, 1.165) is 5.56 Å². The number of ketones is 1. The zero-order valence-electron chi connectivity index (χ0n) is 18.9. The fourth-order valence-electron chi connectivity index (χ4n) is 3.93. The fourth-order valence-corrected chi connectivity index (χ4v) is 5.81. The number of hydrogen-bond donors (Lipinski definition) is 1. The second kappa shape index (κ2) is 9.95. The average Bonchev–Trinajstić information content (AvgIpc) is 2.75. The number of carboxylic acid groups (broad SMARTS) is 1. The van der Waals surface area contributed by atoms with E-state index in [-0.39, 0.29) is 18.1 Å². The monoisotopic (exact) mass is 576 g/mol. The number of allylic oxidation sites excluding steroid dienone is 1. The Hall–Kier alpha value is -2.22. The third kappa shape index (κ3) is 4.86. The molecule has 2 atom stereocenters. The molecule has 0 saturated heterocycles. The lowest BCUT2D eigenvalue weighted by Crippen LogP contribution is -2.59. The highest BCUT2D eigenvalue weighted by atomic mass is 79.9. The molecule has 1 N–H and O–H groups in total. The molecule has 0 aliphatic heterocycles. The van der Waals surface area contributed by atoms with Gasteiger partial charge >= 0.3 is 5.97 Å². The van der Waals surface area contributed by atoms with E-state index in [0.29, 0.717) is 26.9 Å². The molecule has 174 valence electrons. The molecule has 2 aromatic carbocycles. The molecule has 1 aliphatic carbocycles. The van der Waals surface area contributed by atoms with Crippen molar-refractivity contribution in [2.45, 2.75) is 37.3 Å². The number of carbonyl (C=O) groups excluding carboxylic acids is 1. The minimum absolute atomic E-state index is 0.0675. The van der Waals surface area contributed by atoms with Crippen LogP contribution in [0.25, 0.3) is 0 Å². The van der Waals surface area contributed by atoms with E-state index in [1.165, 1.54) is 7.11 Å². The van der Waals surface area contributed by atoms with Crippen molar-refractivity contribution in [2.75, 3.05) is 7.11 Å². The topological polar surface area (TPSA) is 72.8 Å². The van der Waals surface area contributed by atoms with Gasteiger partial charge in [0.25, 0.3) is 5.79 Å². The second-order valence-corrected chi connectivity index (χ2v) is 10.5. The number of hydrogen-bond acceptors (Lipinski definition) is 4. The maximum atomic E-state index is 13.4. The Morgan fingerprint density at radius 3 is 2.42 bits per heavy atom. The molecule has 0 radical (unpaired) electrons. The summed E-state index contributed by atoms with van der Waals surface area (Å²) in [6.45, 7) is 5.90. The van der Waals surface area contributed by atoms with Gasteiger partial charge in [0.1, 0.15) is 10.1 Å². The van der Waals surface area contributed by atoms with E-state index in [4.69, 9.17) is 9.47 Å². The fraction of sp³-hybridized carbons (Fsp3) is 0.308. The summed E-state index contributed by atoms with van der Waals surface area (Å²) >= 11 is 7.40. The van der Waals surface area contributed by atoms with E-state index >= 15 is 0 Å². The van der Waals surface area contributed by atoms with Crippen LogP contribution in [0.1, 0.15) is 41.8 Å². The van der Waals surface area contributed by atoms with Crippen LogP contribution in [0, 0.1) is 12.8 Å². The Morgan fingerprint density at radius 2 is 1.82 bits per heavy atom. The van der Waals surface area contributed by atoms with Gasteiger partial charge in [-0.25, -0.2) is 0 Å². The summed E-state index contributed by atoms with van der Waals surface area (Å²) < 4.78 is 12.1. The van der Waals surface area contributed by atoms with Gasteiger partial charge in [0, 0.05) is 12.7 Å². The molecule has 0 spiro atoms. The van der Waals surface area contributed by atoms with Crippen molar-refractivity contribution in [2.24, 2.45) is 5.92 Å². The zero-order valence-corrected chi connectivity index (χ0v) is 22.1. The number of carbonyl (C=O) groups is 2. The maximum absolute atomic E-state index is 13.4. The maximum Gasteiger partial charge on any atom is 0.307 e. The Balaban J connectivity index is 2.11. The predicted molar refractivity (Wildman–Crippen MR) is 135 cm³/mol. The SMILES string of the molecule is COC1(Oc2ccccc2C(=O)c2cccc(C)c2)C(Br)=CC(CC(=O)O)=CC1(Br)C(C)C. The minimum Gasteiger partial charge on any atom is -0.481 e. The molecule has 33 heavy (non-hydrogen) atoms. The molecule has 3 rings (SSSR count). The molecule has 1 aliphatic rings. The van der Waals surface area contributed by atoms with Crippen LogP contribution in [0.2, 0.25) is 0 Å². The van der Waals surface area contributed by atoms with Crippen LogP contribution >= 0.6 is 31.9 Å². The molecule has 0 fully saturated rings. The molecule has 5 nitrogen and oxygen atoms in total. The largest absolute Gasteiger partial charge is 0.481 e. The van der Waals surface area contributed by atoms with E-state index in [2.05, 4.69) is 31.9 Å². The molecule has 0 bridgehead atoms. The quantitative estimate of drug-likeness (QED) is 0.222. The molecule has 2 aromatic rings. The number of halogens is 2. The van der Waals surface area contributed by atoms with Gasteiger partial charge in [0.2, 0.25) is 0 Å². The van der Waals surface area contributed by atoms with Crippen molar-refractivity contribution < 1.29 is 24.2 Å². The molecule has 0 saturated carbocycles. The van der Waals surface area contributed by atoms with Gasteiger partial charge in [0.15, 0.2) is 5.78 Å². The highest BCUT2D eigenvalue weighted by Gasteiger charge is 2.58. The van der Waals surface area contributed by atoms with Gasteiger partial charge in [-0.05, 0) is 58.6 Å². The van der Waals surface area contributed by atoms with E-state index < -0.39 is 16.1 Å². The number of rotatable bonds is 8. The zero-order chi connectivity index (χ0) is 24.4. The number of ether oxygens (including phenoxy) is 2. The van der Waals surface area contributed by atoms with Crippen LogP contribution in [0.4, 0.5) is 0 Å². The van der Waals surface area contributed by atoms with Crippen LogP contribution in [-0.4, -0.2) is 34.1 Å². The molecule has 2 unspecified atom stereocenters. The van der Waals surface area contributed by atoms with Crippen molar-refractivity contribution in [3.63, 3.8) is 0 Å². The average molecular weight is 578 g/mol. The summed E-state index contributed by atoms with van der Waals surface area (Å²) in [7, 11) is 1.52. The Labute approximate surface area is 210 Å². The third-order valence-electron chi connectivity index (χ3n) is 5.68. The number of methoxy groups -OCH3 is 1. The van der Waals surface area contributed by atoms with E-state index in [1.807, 2.05) is 45.0 Å². The molecule has 0 amide bonds. The third-order valence-corrected chi connectivity index (χ3v) is 8.09. The van der Waals surface area contributed by atoms with Crippen molar-refractivity contribution >= 4 is 43.6 Å². The Morgan fingerprint density at radius 1 is 1.12 bits per heavy atom. The molecular weight excluding hydrogens is 552 g/mol. The van der Waals surface area contributed by atoms with Gasteiger partial charge in [-0.15, -0.1) is 0 Å². The van der Waals surface area contributed by atoms with Crippen LogP contribution in [0.5, 0.6) is 5.75 Å². The lowest BCUT2D eigenvalue weighted by atomic mass is 9.80. The summed E-state index contributed by atoms with van der Waals surface area (Å²) in [5, 5.41) is 9.31. The standard InChI is InChI=1S/C26H26Br2O5/c1-16(2)25(28)15-18(14-23(29)30)13-22(27)26(25,32-4)33-21-11-6-5-10-20(21)24(31)19-9-7-8-17(3)12-19/h5-13,15-16H,14H2,1-4H3,(H,29,30). The van der Waals surface area contributed by atoms with Crippen molar-refractivity contribution in [3.8, 4) is 5.75 Å². The second-order valence-electron chi connectivity index (χ2n) is 8.32. The number of benzene rings is 2. The summed E-state index contributed by atoms with van der Waals surface area (Å²) in [6.07, 6.45) is 3.38. The number of alkyl halides is 1. The highest BCUT2D eigenvalue weighted by Crippen LogP contribution is 2.52. The van der Waals surface area contributed by atoms with Crippen LogP contribution < -0.4 is 4.74 Å². The summed E-state index contributed by atoms with van der Waals surface area (Å²) in [4.78, 5) is 24.7. The first kappa shape index (κ1) is 25.4.